The van der Waals surface area contributed by atoms with E-state index in [0.717, 1.165) is 11.3 Å². The Labute approximate surface area is 106 Å². The van der Waals surface area contributed by atoms with Gasteiger partial charge in [0.05, 0.1) is 6.54 Å². The number of nitrogens with zero attached hydrogens (tertiary/aromatic N) is 4. The third-order valence-electron chi connectivity index (χ3n) is 2.53. The zero-order valence-electron chi connectivity index (χ0n) is 10.6. The number of hydrogen-bond donors (Lipinski definition) is 1. The first-order valence-electron chi connectivity index (χ1n) is 5.94. The highest BCUT2D eigenvalue weighted by atomic mass is 16.5. The van der Waals surface area contributed by atoms with Crippen LogP contribution in [0.5, 0.6) is 5.75 Å². The molecule has 0 aliphatic carbocycles. The van der Waals surface area contributed by atoms with Gasteiger partial charge in [0.15, 0.2) is 6.61 Å². The minimum absolute atomic E-state index is 0.00681. The molecule has 1 unspecified atom stereocenters. The molecule has 0 spiro atoms. The van der Waals surface area contributed by atoms with E-state index in [9.17, 15) is 0 Å². The quantitative estimate of drug-likeness (QED) is 0.861. The predicted molar refractivity (Wildman–Crippen MR) is 66.9 cm³/mol. The van der Waals surface area contributed by atoms with Crippen molar-refractivity contribution in [3.05, 3.63) is 35.7 Å². The SMILES string of the molecule is CCn1nnc(COc2cccc(C(C)N)c2)n1. The van der Waals surface area contributed by atoms with Crippen LogP contribution in [-0.2, 0) is 13.2 Å². The molecule has 1 aromatic heterocycles. The van der Waals surface area contributed by atoms with Crippen LogP contribution in [0.3, 0.4) is 0 Å². The van der Waals surface area contributed by atoms with E-state index in [1.807, 2.05) is 38.1 Å². The summed E-state index contributed by atoms with van der Waals surface area (Å²) in [7, 11) is 0. The fourth-order valence-corrected chi connectivity index (χ4v) is 1.50. The molecule has 0 radical (unpaired) electrons. The Morgan fingerprint density at radius 1 is 1.44 bits per heavy atom. The minimum Gasteiger partial charge on any atom is -0.485 e. The first kappa shape index (κ1) is 12.5. The molecule has 2 N–H and O–H groups in total. The number of tetrazole rings is 1. The summed E-state index contributed by atoms with van der Waals surface area (Å²) < 4.78 is 5.61. The van der Waals surface area contributed by atoms with Crippen LogP contribution < -0.4 is 10.5 Å². The van der Waals surface area contributed by atoms with E-state index < -0.39 is 0 Å². The van der Waals surface area contributed by atoms with E-state index in [-0.39, 0.29) is 6.04 Å². The Balaban J connectivity index is 1.99. The van der Waals surface area contributed by atoms with Gasteiger partial charge in [-0.15, -0.1) is 10.2 Å². The lowest BCUT2D eigenvalue weighted by Gasteiger charge is -2.08. The monoisotopic (exact) mass is 247 g/mol. The molecule has 0 aliphatic rings. The Kier molecular flexibility index (Phi) is 3.88. The lowest BCUT2D eigenvalue weighted by molar-refractivity contribution is 0.294. The van der Waals surface area contributed by atoms with Gasteiger partial charge in [0.25, 0.3) is 0 Å². The molecule has 1 atom stereocenters. The minimum atomic E-state index is -0.00681. The van der Waals surface area contributed by atoms with Gasteiger partial charge in [-0.3, -0.25) is 0 Å². The number of hydrogen-bond acceptors (Lipinski definition) is 5. The molecule has 1 heterocycles. The van der Waals surface area contributed by atoms with E-state index in [1.165, 1.54) is 4.80 Å². The smallest absolute Gasteiger partial charge is 0.212 e. The Morgan fingerprint density at radius 3 is 2.94 bits per heavy atom. The molecule has 6 nitrogen and oxygen atoms in total. The maximum Gasteiger partial charge on any atom is 0.212 e. The van der Waals surface area contributed by atoms with Crippen molar-refractivity contribution < 1.29 is 4.74 Å². The standard InChI is InChI=1S/C12H17N5O/c1-3-17-15-12(14-16-17)8-18-11-6-4-5-10(7-11)9(2)13/h4-7,9H,3,8,13H2,1-2H3. The summed E-state index contributed by atoms with van der Waals surface area (Å²) in [6, 6.07) is 7.70. The summed E-state index contributed by atoms with van der Waals surface area (Å²) in [6.45, 7) is 4.90. The van der Waals surface area contributed by atoms with Crippen molar-refractivity contribution in [3.8, 4) is 5.75 Å². The molecule has 2 aromatic rings. The van der Waals surface area contributed by atoms with Crippen LogP contribution in [0, 0.1) is 0 Å². The van der Waals surface area contributed by atoms with Gasteiger partial charge in [0.1, 0.15) is 5.75 Å². The van der Waals surface area contributed by atoms with Crippen LogP contribution in [0.25, 0.3) is 0 Å². The maximum atomic E-state index is 5.82. The second-order valence-electron chi connectivity index (χ2n) is 4.04. The highest BCUT2D eigenvalue weighted by molar-refractivity contribution is 5.30. The van der Waals surface area contributed by atoms with Crippen molar-refractivity contribution in [3.63, 3.8) is 0 Å². The van der Waals surface area contributed by atoms with Crippen molar-refractivity contribution in [2.75, 3.05) is 0 Å². The summed E-state index contributed by atoms with van der Waals surface area (Å²) >= 11 is 0. The number of ether oxygens (including phenoxy) is 1. The van der Waals surface area contributed by atoms with Crippen molar-refractivity contribution in [2.45, 2.75) is 33.0 Å². The number of rotatable bonds is 5. The van der Waals surface area contributed by atoms with Gasteiger partial charge in [-0.05, 0) is 36.8 Å². The fourth-order valence-electron chi connectivity index (χ4n) is 1.50. The van der Waals surface area contributed by atoms with Gasteiger partial charge >= 0.3 is 0 Å². The van der Waals surface area contributed by atoms with Gasteiger partial charge in [0, 0.05) is 6.04 Å². The summed E-state index contributed by atoms with van der Waals surface area (Å²) in [6.07, 6.45) is 0. The first-order chi connectivity index (χ1) is 8.69. The Morgan fingerprint density at radius 2 is 2.28 bits per heavy atom. The van der Waals surface area contributed by atoms with Crippen LogP contribution in [0.4, 0.5) is 0 Å². The summed E-state index contributed by atoms with van der Waals surface area (Å²) in [5.74, 6) is 1.33. The van der Waals surface area contributed by atoms with Crippen molar-refractivity contribution >= 4 is 0 Å². The van der Waals surface area contributed by atoms with Crippen LogP contribution in [0.15, 0.2) is 24.3 Å². The van der Waals surface area contributed by atoms with Gasteiger partial charge < -0.3 is 10.5 Å². The summed E-state index contributed by atoms with van der Waals surface area (Å²) in [5.41, 5.74) is 6.86. The zero-order chi connectivity index (χ0) is 13.0. The van der Waals surface area contributed by atoms with E-state index in [0.29, 0.717) is 19.0 Å². The number of aromatic nitrogens is 4. The van der Waals surface area contributed by atoms with Gasteiger partial charge in [-0.25, -0.2) is 0 Å². The summed E-state index contributed by atoms with van der Waals surface area (Å²) in [5, 5.41) is 11.9. The Hall–Kier alpha value is -1.95. The van der Waals surface area contributed by atoms with E-state index in [2.05, 4.69) is 15.4 Å². The van der Waals surface area contributed by atoms with Gasteiger partial charge in [-0.1, -0.05) is 12.1 Å². The molecule has 1 aromatic carbocycles. The Bertz CT molecular complexity index is 509. The molecule has 0 amide bonds. The average Bonchev–Trinajstić information content (AvgIpc) is 2.84. The molecule has 18 heavy (non-hydrogen) atoms. The van der Waals surface area contributed by atoms with Crippen molar-refractivity contribution in [1.29, 1.82) is 0 Å². The molecule has 0 saturated carbocycles. The largest absolute Gasteiger partial charge is 0.485 e. The zero-order valence-corrected chi connectivity index (χ0v) is 10.6. The number of benzene rings is 1. The lowest BCUT2D eigenvalue weighted by Crippen LogP contribution is -2.05. The molecule has 0 bridgehead atoms. The topological polar surface area (TPSA) is 78.8 Å². The first-order valence-corrected chi connectivity index (χ1v) is 5.94. The predicted octanol–water partition coefficient (Wildman–Crippen LogP) is 1.29. The van der Waals surface area contributed by atoms with Gasteiger partial charge in [0.2, 0.25) is 5.82 Å². The van der Waals surface area contributed by atoms with E-state index >= 15 is 0 Å². The number of aryl methyl sites for hydroxylation is 1. The van der Waals surface area contributed by atoms with Crippen LogP contribution in [0.2, 0.25) is 0 Å². The van der Waals surface area contributed by atoms with Gasteiger partial charge in [-0.2, -0.15) is 4.80 Å². The molecule has 2 rings (SSSR count). The molecular formula is C12H17N5O. The summed E-state index contributed by atoms with van der Waals surface area (Å²) in [4.78, 5) is 1.52. The number of nitrogens with two attached hydrogens (primary N) is 1. The third-order valence-corrected chi connectivity index (χ3v) is 2.53. The average molecular weight is 247 g/mol. The molecule has 0 saturated heterocycles. The van der Waals surface area contributed by atoms with E-state index in [1.54, 1.807) is 0 Å². The molecular weight excluding hydrogens is 230 g/mol. The highest BCUT2D eigenvalue weighted by Crippen LogP contribution is 2.18. The third kappa shape index (κ3) is 3.04. The normalized spacial score (nSPS) is 12.4. The molecule has 0 fully saturated rings. The fraction of sp³-hybridized carbons (Fsp3) is 0.417. The van der Waals surface area contributed by atoms with Crippen LogP contribution in [0.1, 0.15) is 31.3 Å². The van der Waals surface area contributed by atoms with Crippen molar-refractivity contribution in [2.24, 2.45) is 5.73 Å². The second kappa shape index (κ2) is 5.59. The van der Waals surface area contributed by atoms with Crippen molar-refractivity contribution in [1.82, 2.24) is 20.2 Å². The lowest BCUT2D eigenvalue weighted by atomic mass is 10.1. The molecule has 6 heteroatoms. The van der Waals surface area contributed by atoms with Crippen LogP contribution >= 0.6 is 0 Å². The van der Waals surface area contributed by atoms with E-state index in [4.69, 9.17) is 10.5 Å². The van der Waals surface area contributed by atoms with Crippen LogP contribution in [-0.4, -0.2) is 20.2 Å². The second-order valence-corrected chi connectivity index (χ2v) is 4.04. The molecule has 96 valence electrons. The maximum absolute atomic E-state index is 5.82. The highest BCUT2D eigenvalue weighted by Gasteiger charge is 2.04. The molecule has 0 aliphatic heterocycles.